The van der Waals surface area contributed by atoms with Crippen molar-refractivity contribution in [3.8, 4) is 0 Å². The van der Waals surface area contributed by atoms with Crippen LogP contribution in [-0.2, 0) is 4.79 Å². The van der Waals surface area contributed by atoms with Crippen molar-refractivity contribution in [1.29, 1.82) is 0 Å². The van der Waals surface area contributed by atoms with Crippen LogP contribution in [0.25, 0.3) is 0 Å². The first-order valence-electron chi connectivity index (χ1n) is 3.94. The Morgan fingerprint density at radius 1 is 1.50 bits per heavy atom. The van der Waals surface area contributed by atoms with Gasteiger partial charge in [0.1, 0.15) is 12.0 Å². The van der Waals surface area contributed by atoms with Crippen LogP contribution in [0.4, 0.5) is 8.78 Å². The van der Waals surface area contributed by atoms with E-state index in [1.54, 1.807) is 0 Å². The second kappa shape index (κ2) is 2.51. The summed E-state index contributed by atoms with van der Waals surface area (Å²) in [6.07, 6.45) is 1.67. The van der Waals surface area contributed by atoms with Crippen LogP contribution in [0.1, 0.15) is 12.8 Å². The lowest BCUT2D eigenvalue weighted by Gasteiger charge is -2.16. The number of ketones is 1. The van der Waals surface area contributed by atoms with Gasteiger partial charge in [0.25, 0.3) is 0 Å². The minimum Gasteiger partial charge on any atom is -0.295 e. The van der Waals surface area contributed by atoms with Gasteiger partial charge in [-0.05, 0) is 18.6 Å². The molecule has 2 atom stereocenters. The third-order valence-corrected chi connectivity index (χ3v) is 2.40. The molecule has 1 fully saturated rings. The Morgan fingerprint density at radius 2 is 2.25 bits per heavy atom. The fourth-order valence-electron chi connectivity index (χ4n) is 1.78. The van der Waals surface area contributed by atoms with Crippen molar-refractivity contribution >= 4 is 5.78 Å². The SMILES string of the molecule is O=C1CCC2C1=CC(F)=CC2F. The number of hydrogen-bond donors (Lipinski definition) is 0. The fraction of sp³-hybridized carbons (Fsp3) is 0.444. The molecule has 0 aromatic carbocycles. The molecule has 2 rings (SSSR count). The smallest absolute Gasteiger partial charge is 0.159 e. The molecule has 0 amide bonds. The number of rotatable bonds is 0. The van der Waals surface area contributed by atoms with E-state index in [1.165, 1.54) is 0 Å². The number of carbonyl (C=O) groups excluding carboxylic acids is 1. The minimum absolute atomic E-state index is 0.106. The van der Waals surface area contributed by atoms with Gasteiger partial charge in [-0.2, -0.15) is 0 Å². The molecular weight excluding hydrogens is 162 g/mol. The van der Waals surface area contributed by atoms with Crippen LogP contribution in [0.3, 0.4) is 0 Å². The average molecular weight is 170 g/mol. The van der Waals surface area contributed by atoms with Gasteiger partial charge in [-0.1, -0.05) is 0 Å². The van der Waals surface area contributed by atoms with E-state index in [0.717, 1.165) is 12.2 Å². The summed E-state index contributed by atoms with van der Waals surface area (Å²) in [6, 6.07) is 0. The van der Waals surface area contributed by atoms with Crippen LogP contribution in [0.2, 0.25) is 0 Å². The Bertz CT molecular complexity index is 291. The number of alkyl halides is 1. The lowest BCUT2D eigenvalue weighted by molar-refractivity contribution is -0.114. The van der Waals surface area contributed by atoms with E-state index < -0.39 is 12.0 Å². The highest BCUT2D eigenvalue weighted by Crippen LogP contribution is 2.37. The molecule has 1 saturated carbocycles. The second-order valence-corrected chi connectivity index (χ2v) is 3.16. The zero-order chi connectivity index (χ0) is 8.72. The Morgan fingerprint density at radius 3 is 3.00 bits per heavy atom. The molecule has 0 aromatic heterocycles. The summed E-state index contributed by atoms with van der Waals surface area (Å²) < 4.78 is 25.7. The second-order valence-electron chi connectivity index (χ2n) is 3.16. The Balaban J connectivity index is 2.38. The largest absolute Gasteiger partial charge is 0.295 e. The molecule has 1 nitrogen and oxygen atoms in total. The van der Waals surface area contributed by atoms with Crippen LogP contribution in [0, 0.1) is 5.92 Å². The van der Waals surface area contributed by atoms with Crippen molar-refractivity contribution < 1.29 is 13.6 Å². The molecule has 3 heteroatoms. The topological polar surface area (TPSA) is 17.1 Å². The number of Topliss-reactive ketones (excluding diaryl/α,β-unsaturated/α-hetero) is 1. The van der Waals surface area contributed by atoms with Crippen LogP contribution in [0.15, 0.2) is 23.6 Å². The van der Waals surface area contributed by atoms with Crippen LogP contribution in [0.5, 0.6) is 0 Å². The van der Waals surface area contributed by atoms with Gasteiger partial charge in [0.2, 0.25) is 0 Å². The zero-order valence-corrected chi connectivity index (χ0v) is 6.39. The molecule has 12 heavy (non-hydrogen) atoms. The maximum absolute atomic E-state index is 13.1. The molecule has 0 saturated heterocycles. The van der Waals surface area contributed by atoms with Crippen molar-refractivity contribution in [2.75, 3.05) is 0 Å². The molecule has 0 heterocycles. The van der Waals surface area contributed by atoms with Gasteiger partial charge in [0, 0.05) is 17.9 Å². The fourth-order valence-corrected chi connectivity index (χ4v) is 1.78. The lowest BCUT2D eigenvalue weighted by Crippen LogP contribution is -2.17. The predicted molar refractivity (Wildman–Crippen MR) is 39.9 cm³/mol. The van der Waals surface area contributed by atoms with Crippen molar-refractivity contribution in [2.24, 2.45) is 5.92 Å². The molecule has 64 valence electrons. The van der Waals surface area contributed by atoms with Crippen molar-refractivity contribution in [3.63, 3.8) is 0 Å². The van der Waals surface area contributed by atoms with Gasteiger partial charge in [-0.3, -0.25) is 4.79 Å². The van der Waals surface area contributed by atoms with Gasteiger partial charge < -0.3 is 0 Å². The van der Waals surface area contributed by atoms with Crippen molar-refractivity contribution in [3.05, 3.63) is 23.6 Å². The summed E-state index contributed by atoms with van der Waals surface area (Å²) in [7, 11) is 0. The van der Waals surface area contributed by atoms with Gasteiger partial charge in [0.05, 0.1) is 0 Å². The number of fused-ring (bicyclic) bond motifs is 1. The van der Waals surface area contributed by atoms with E-state index in [-0.39, 0.29) is 11.7 Å². The number of carbonyl (C=O) groups is 1. The van der Waals surface area contributed by atoms with E-state index >= 15 is 0 Å². The van der Waals surface area contributed by atoms with Crippen molar-refractivity contribution in [2.45, 2.75) is 19.0 Å². The summed E-state index contributed by atoms with van der Waals surface area (Å²) in [4.78, 5) is 11.1. The standard InChI is InChI=1S/C9H8F2O/c10-5-3-7-6(8(11)4-5)1-2-9(7)12/h3-4,6,8H,1-2H2. The summed E-state index contributed by atoms with van der Waals surface area (Å²) in [6.45, 7) is 0. The zero-order valence-electron chi connectivity index (χ0n) is 6.39. The van der Waals surface area contributed by atoms with Gasteiger partial charge >= 0.3 is 0 Å². The van der Waals surface area contributed by atoms with Crippen molar-refractivity contribution in [1.82, 2.24) is 0 Å². The summed E-state index contributed by atoms with van der Waals surface area (Å²) in [5.41, 5.74) is 0.336. The predicted octanol–water partition coefficient (Wildman–Crippen LogP) is 2.10. The maximum Gasteiger partial charge on any atom is 0.159 e. The maximum atomic E-state index is 13.1. The number of allylic oxidation sites excluding steroid dienone is 4. The summed E-state index contributed by atoms with van der Waals surface area (Å²) in [5, 5.41) is 0. The normalized spacial score (nSPS) is 34.3. The summed E-state index contributed by atoms with van der Waals surface area (Å²) >= 11 is 0. The number of halogens is 2. The Kier molecular flexibility index (Phi) is 1.60. The number of hydrogen-bond acceptors (Lipinski definition) is 1. The van der Waals surface area contributed by atoms with Crippen LogP contribution >= 0.6 is 0 Å². The Labute approximate surface area is 68.8 Å². The molecule has 2 unspecified atom stereocenters. The van der Waals surface area contributed by atoms with Gasteiger partial charge in [-0.25, -0.2) is 8.78 Å². The molecule has 0 spiro atoms. The summed E-state index contributed by atoms with van der Waals surface area (Å²) in [5.74, 6) is -1.10. The highest BCUT2D eigenvalue weighted by molar-refractivity contribution is 5.98. The molecular formula is C9H8F2O. The van der Waals surface area contributed by atoms with Crippen LogP contribution in [-0.4, -0.2) is 12.0 Å². The highest BCUT2D eigenvalue weighted by Gasteiger charge is 2.36. The quantitative estimate of drug-likeness (QED) is 0.544. The first-order chi connectivity index (χ1) is 5.68. The van der Waals surface area contributed by atoms with Crippen LogP contribution < -0.4 is 0 Å². The molecule has 0 bridgehead atoms. The first-order valence-corrected chi connectivity index (χ1v) is 3.94. The minimum atomic E-state index is -1.31. The lowest BCUT2D eigenvalue weighted by atomic mass is 9.92. The van der Waals surface area contributed by atoms with E-state index in [1.807, 2.05) is 0 Å². The molecule has 0 radical (unpaired) electrons. The van der Waals surface area contributed by atoms with Gasteiger partial charge in [0.15, 0.2) is 5.78 Å². The molecule has 2 aliphatic rings. The third kappa shape index (κ3) is 1.00. The highest BCUT2D eigenvalue weighted by atomic mass is 19.1. The Hall–Kier alpha value is -0.990. The van der Waals surface area contributed by atoms with E-state index in [0.29, 0.717) is 18.4 Å². The molecule has 0 aromatic rings. The average Bonchev–Trinajstić information content (AvgIpc) is 2.33. The van der Waals surface area contributed by atoms with Gasteiger partial charge in [-0.15, -0.1) is 0 Å². The monoisotopic (exact) mass is 170 g/mol. The molecule has 0 aliphatic heterocycles. The van der Waals surface area contributed by atoms with E-state index in [4.69, 9.17) is 0 Å². The molecule has 0 N–H and O–H groups in total. The van der Waals surface area contributed by atoms with E-state index in [9.17, 15) is 13.6 Å². The first kappa shape index (κ1) is 7.65. The third-order valence-electron chi connectivity index (χ3n) is 2.40. The van der Waals surface area contributed by atoms with E-state index in [2.05, 4.69) is 0 Å². The molecule has 2 aliphatic carbocycles.